The highest BCUT2D eigenvalue weighted by molar-refractivity contribution is 5.93. The molecule has 10 aromatic heterocycles. The van der Waals surface area contributed by atoms with Crippen molar-refractivity contribution in [2.75, 3.05) is 0 Å². The van der Waals surface area contributed by atoms with Gasteiger partial charge in [0.15, 0.2) is 30.5 Å². The van der Waals surface area contributed by atoms with Crippen LogP contribution in [0, 0.1) is 83.1 Å². The fraction of sp³-hybridized carbons (Fsp3) is 0.316. The lowest BCUT2D eigenvalue weighted by atomic mass is 9.75. The van der Waals surface area contributed by atoms with Crippen molar-refractivity contribution in [2.24, 2.45) is 35.2 Å². The highest BCUT2D eigenvalue weighted by atomic mass is 15.0. The van der Waals surface area contributed by atoms with Crippen LogP contribution in [0.3, 0.4) is 0 Å². The number of nitrogens with zero attached hydrogens (tertiary/aromatic N) is 10. The summed E-state index contributed by atoms with van der Waals surface area (Å²) in [6.07, 6.45) is 12.7. The first-order valence-electron chi connectivity index (χ1n) is 48.6. The van der Waals surface area contributed by atoms with E-state index in [1.165, 1.54) is 171 Å². The lowest BCUT2D eigenvalue weighted by Crippen LogP contribution is -2.35. The molecule has 127 heavy (non-hydrogen) atoms. The summed E-state index contributed by atoms with van der Waals surface area (Å²) >= 11 is 0. The Morgan fingerprint density at radius 1 is 0.315 bits per heavy atom. The van der Waals surface area contributed by atoms with Gasteiger partial charge in [-0.25, -0.2) is 18.3 Å². The van der Waals surface area contributed by atoms with Crippen molar-refractivity contribution in [1.29, 1.82) is 0 Å². The van der Waals surface area contributed by atoms with Crippen LogP contribution >= 0.6 is 0 Å². The summed E-state index contributed by atoms with van der Waals surface area (Å²) in [4.78, 5) is 24.5. The largest absolute Gasteiger partial charge is 0.257 e. The Kier molecular flexibility index (Phi) is 20.0. The van der Waals surface area contributed by atoms with Crippen molar-refractivity contribution in [2.45, 2.75) is 211 Å². The van der Waals surface area contributed by atoms with E-state index in [4.69, 9.17) is 34.5 Å². The third kappa shape index (κ3) is 14.5. The van der Waals surface area contributed by atoms with Gasteiger partial charge in [0.1, 0.15) is 35.2 Å². The molecule has 0 N–H and O–H groups in total. The lowest BCUT2D eigenvalue weighted by Gasteiger charge is -2.28. The highest BCUT2D eigenvalue weighted by Gasteiger charge is 2.51. The van der Waals surface area contributed by atoms with Gasteiger partial charge in [-0.05, 0) is 239 Å². The Morgan fingerprint density at radius 2 is 0.646 bits per heavy atom. The van der Waals surface area contributed by atoms with Crippen LogP contribution in [0.15, 0.2) is 225 Å². The number of hydrogen-bond acceptors (Lipinski definition) is 5. The Morgan fingerprint density at radius 3 is 1.03 bits per heavy atom. The van der Waals surface area contributed by atoms with Crippen molar-refractivity contribution in [3.8, 4) is 112 Å². The van der Waals surface area contributed by atoms with Crippen molar-refractivity contribution in [1.82, 2.24) is 24.9 Å². The van der Waals surface area contributed by atoms with Crippen LogP contribution in [-0.4, -0.2) is 24.9 Å². The van der Waals surface area contributed by atoms with E-state index in [1.807, 2.05) is 94.3 Å². The van der Waals surface area contributed by atoms with E-state index in [0.29, 0.717) is 11.3 Å². The van der Waals surface area contributed by atoms with E-state index in [0.717, 1.165) is 91.6 Å². The molecule has 10 heterocycles. The zero-order valence-corrected chi connectivity index (χ0v) is 79.2. The van der Waals surface area contributed by atoms with Crippen molar-refractivity contribution in [3.05, 3.63) is 354 Å². The number of aryl methyl sites for hydroxylation is 16. The number of rotatable bonds is 6. The van der Waals surface area contributed by atoms with Crippen LogP contribution in [0.4, 0.5) is 0 Å². The number of hydrogen-bond donors (Lipinski definition) is 0. The van der Waals surface area contributed by atoms with Crippen LogP contribution in [0.1, 0.15) is 240 Å². The van der Waals surface area contributed by atoms with Gasteiger partial charge in [-0.15, -0.1) is 0 Å². The first kappa shape index (κ1) is 78.1. The van der Waals surface area contributed by atoms with E-state index in [9.17, 15) is 0 Å². The molecular weight excluding hydrogens is 1550 g/mol. The van der Waals surface area contributed by atoms with Crippen LogP contribution < -0.4 is 22.8 Å². The van der Waals surface area contributed by atoms with Gasteiger partial charge in [-0.1, -0.05) is 173 Å². The van der Waals surface area contributed by atoms with E-state index in [-0.39, 0.29) is 21.7 Å². The maximum Gasteiger partial charge on any atom is 0.213 e. The van der Waals surface area contributed by atoms with Gasteiger partial charge in [0.05, 0.1) is 56.3 Å². The molecule has 2 atom stereocenters. The molecule has 5 aromatic carbocycles. The Hall–Kier alpha value is -12.4. The predicted octanol–water partition coefficient (Wildman–Crippen LogP) is 24.8. The average molecular weight is 1680 g/mol. The second-order valence-electron chi connectivity index (χ2n) is 38.7. The van der Waals surface area contributed by atoms with Crippen molar-refractivity contribution in [3.63, 3.8) is 0 Å². The van der Waals surface area contributed by atoms with Crippen LogP contribution in [0.5, 0.6) is 0 Å². The summed E-state index contributed by atoms with van der Waals surface area (Å²) in [7, 11) is 10.4. The third-order valence-electron chi connectivity index (χ3n) is 28.4. The van der Waals surface area contributed by atoms with Gasteiger partial charge in [-0.2, -0.15) is 4.57 Å². The highest BCUT2D eigenvalue weighted by Crippen LogP contribution is 2.61. The van der Waals surface area contributed by atoms with Crippen LogP contribution in [0.2, 0.25) is 0 Å². The lowest BCUT2D eigenvalue weighted by molar-refractivity contribution is -0.666. The van der Waals surface area contributed by atoms with E-state index in [2.05, 4.69) is 314 Å². The predicted molar refractivity (Wildman–Crippen MR) is 520 cm³/mol. The smallest absolute Gasteiger partial charge is 0.213 e. The Bertz CT molecular complexity index is 7340. The summed E-state index contributed by atoms with van der Waals surface area (Å²) in [6, 6.07) is 70.5. The fourth-order valence-corrected chi connectivity index (χ4v) is 21.9. The molecule has 6 aliphatic rings. The molecule has 15 aromatic rings. The second kappa shape index (κ2) is 32.5. The Labute approximate surface area is 765 Å². The van der Waals surface area contributed by atoms with Gasteiger partial charge in [0.25, 0.3) is 0 Å². The topological polar surface area (TPSA) is 83.9 Å². The first-order valence-corrected chi connectivity index (χ1v) is 45.1. The van der Waals surface area contributed by atoms with Gasteiger partial charge in [-0.3, -0.25) is 24.9 Å². The number of pyridine rings is 10. The molecule has 640 valence electrons. The molecule has 0 amide bonds. The van der Waals surface area contributed by atoms with E-state index < -0.39 is 25.0 Å². The Balaban J connectivity index is 0.000000117. The maximum absolute atomic E-state index is 8.66. The first-order chi connectivity index (χ1) is 63.2. The van der Waals surface area contributed by atoms with E-state index >= 15 is 0 Å². The quantitative estimate of drug-likeness (QED) is 0.155. The van der Waals surface area contributed by atoms with Crippen LogP contribution in [-0.2, 0) is 62.3 Å². The molecule has 0 aliphatic heterocycles. The SMILES string of the molecule is Cc1ccc(-c2c(C)ccc3c2C(C)(C)c2nc(C)ccc2-3)[n+](C)c1.Cc1ccc2c(n1)C(C)(C)c1c-2ccc(C)c1-c1cccc(C)[n+]1C.Cc1ccc2c(n1)C(C)(C)c1c-2ccc(C)c1-c1cccc[n+]1C.[2H]C([2H])([2H])C([2H])(C)c1cc[n+](C)c(-c2c(C)ccc3c2C2(CCCC2)c2nc(C)ccc2-3)c1.[2H]C([2H])([2H])C1(C)c2nc(C)ccc2-c2ccc(C)c(-c3cccc[n+]3C)c21. The summed E-state index contributed by atoms with van der Waals surface area (Å²) in [6.45, 7) is 37.8. The summed E-state index contributed by atoms with van der Waals surface area (Å²) < 4.78 is 68.6. The molecule has 10 nitrogen and oxygen atoms in total. The van der Waals surface area contributed by atoms with Crippen LogP contribution in [0.25, 0.3) is 112 Å². The zero-order chi connectivity index (χ0) is 96.2. The zero-order valence-electron chi connectivity index (χ0n) is 86.2. The summed E-state index contributed by atoms with van der Waals surface area (Å²) in [5.74, 6) is -1.69. The molecule has 1 saturated carbocycles. The number of benzene rings is 5. The molecule has 0 bridgehead atoms. The average Bonchev–Trinajstić information content (AvgIpc) is 1.54. The van der Waals surface area contributed by atoms with Gasteiger partial charge < -0.3 is 0 Å². The minimum absolute atomic E-state index is 0.0963. The van der Waals surface area contributed by atoms with Crippen molar-refractivity contribution < 1.29 is 32.4 Å². The molecule has 6 aliphatic carbocycles. The van der Waals surface area contributed by atoms with E-state index in [1.54, 1.807) is 6.07 Å². The molecule has 1 fully saturated rings. The number of fused-ring (bicyclic) bond motifs is 17. The summed E-state index contributed by atoms with van der Waals surface area (Å²) in [5, 5.41) is 0. The molecule has 1 spiro atoms. The monoisotopic (exact) mass is 1680 g/mol. The van der Waals surface area contributed by atoms with Crippen molar-refractivity contribution >= 4 is 0 Å². The minimum atomic E-state index is -2.41. The second-order valence-corrected chi connectivity index (χ2v) is 38.7. The van der Waals surface area contributed by atoms with Gasteiger partial charge >= 0.3 is 0 Å². The van der Waals surface area contributed by atoms with Gasteiger partial charge in [0, 0.05) is 160 Å². The summed E-state index contributed by atoms with van der Waals surface area (Å²) in [5.41, 5.74) is 48.8. The van der Waals surface area contributed by atoms with Gasteiger partial charge in [0.2, 0.25) is 28.5 Å². The molecule has 10 heteroatoms. The minimum Gasteiger partial charge on any atom is -0.257 e. The fourth-order valence-electron chi connectivity index (χ4n) is 21.9. The molecule has 2 unspecified atom stereocenters. The molecule has 0 saturated heterocycles. The maximum atomic E-state index is 8.66. The number of aromatic nitrogens is 10. The third-order valence-corrected chi connectivity index (χ3v) is 28.4. The normalized spacial score (nSPS) is 17.1. The molecular formula is C117H127N10+5. The molecule has 0 radical (unpaired) electrons. The standard InChI is InChI=1S/C27H31N2.2C23H25N2.2C22H23N2/c1-17(2)20-12-15-29(5)23(16-20)24-18(3)8-10-21-22-11-9-19(4)28-26(22)27(25(21)24)13-6-7-14-27;1-14-7-12-19(25(6)13-14)20-15(2)8-10-17-18-11-9-16(3)24-22(18)23(4,5)21(17)20;1-14-10-12-17-18-13-11-15(2)24-22(18)23(4,5)21(17)20(14)19-9-7-8-16(3)25(19)6;2*1-14-9-11-16-17-12-10-15(2)23-21(17)22(3,4)20(16)19(14)18-8-6-7-13-24(18)5/h8-12,15-17H,6-7,13-14H2,1-5H3;2*7-13H,1-6H3;2*6-13H,1-5H3/q5*+1/i1D3,17D;;;3D3;. The molecule has 21 rings (SSSR count).